The van der Waals surface area contributed by atoms with Gasteiger partial charge in [-0.2, -0.15) is 13.2 Å². The number of hydroxylamine groups is 1. The molecule has 4 N–H and O–H groups in total. The van der Waals surface area contributed by atoms with Crippen LogP contribution in [0.2, 0.25) is 0 Å². The van der Waals surface area contributed by atoms with Crippen LogP contribution in [-0.2, 0) is 6.18 Å². The number of carbonyl (C=O) groups is 1. The topological polar surface area (TPSA) is 73.4 Å². The van der Waals surface area contributed by atoms with Crippen LogP contribution in [0.5, 0.6) is 0 Å². The van der Waals surface area contributed by atoms with Gasteiger partial charge >= 0.3 is 6.18 Å². The van der Waals surface area contributed by atoms with E-state index < -0.39 is 23.8 Å². The quantitative estimate of drug-likeness (QED) is 0.505. The number of hydrogen-bond acceptors (Lipinski definition) is 4. The number of amides is 1. The van der Waals surface area contributed by atoms with Crippen LogP contribution in [0.1, 0.15) is 27.7 Å². The Morgan fingerprint density at radius 1 is 1.09 bits per heavy atom. The molecule has 8 heteroatoms. The van der Waals surface area contributed by atoms with Crippen LogP contribution >= 0.6 is 0 Å². The molecule has 1 amide bonds. The molecule has 0 spiro atoms. The van der Waals surface area contributed by atoms with Crippen LogP contribution in [0.15, 0.2) is 42.5 Å². The molecule has 120 valence electrons. The van der Waals surface area contributed by atoms with Crippen LogP contribution in [0.3, 0.4) is 0 Å². The van der Waals surface area contributed by atoms with Gasteiger partial charge in [0.05, 0.1) is 16.9 Å². The molecule has 0 radical (unpaired) electrons. The summed E-state index contributed by atoms with van der Waals surface area (Å²) in [5.41, 5.74) is 2.67. The summed E-state index contributed by atoms with van der Waals surface area (Å²) >= 11 is 0. The summed E-state index contributed by atoms with van der Waals surface area (Å²) in [4.78, 5) is 11.4. The highest BCUT2D eigenvalue weighted by Gasteiger charge is 2.31. The number of nitrogens with one attached hydrogen (secondary N) is 3. The predicted octanol–water partition coefficient (Wildman–Crippen LogP) is 3.36. The molecule has 3 rings (SSSR count). The summed E-state index contributed by atoms with van der Waals surface area (Å²) < 4.78 is 38.4. The lowest BCUT2D eigenvalue weighted by Gasteiger charge is -2.15. The van der Waals surface area contributed by atoms with E-state index in [0.29, 0.717) is 16.9 Å². The molecule has 1 aliphatic rings. The normalized spacial score (nSPS) is 16.3. The lowest BCUT2D eigenvalue weighted by molar-refractivity contribution is -0.137. The molecule has 2 aromatic carbocycles. The first-order valence-corrected chi connectivity index (χ1v) is 6.67. The molecule has 0 aromatic heterocycles. The van der Waals surface area contributed by atoms with Crippen LogP contribution in [-0.4, -0.2) is 11.1 Å². The van der Waals surface area contributed by atoms with Gasteiger partial charge in [0.15, 0.2) is 0 Å². The Labute approximate surface area is 129 Å². The Morgan fingerprint density at radius 3 is 2.52 bits per heavy atom. The highest BCUT2D eigenvalue weighted by molar-refractivity contribution is 5.96. The molecule has 0 aliphatic carbocycles. The molecule has 0 saturated heterocycles. The molecule has 0 fully saturated rings. The predicted molar refractivity (Wildman–Crippen MR) is 77.1 cm³/mol. The van der Waals surface area contributed by atoms with Gasteiger partial charge in [-0.15, -0.1) is 0 Å². The van der Waals surface area contributed by atoms with Crippen molar-refractivity contribution in [1.82, 2.24) is 5.48 Å². The summed E-state index contributed by atoms with van der Waals surface area (Å²) in [5.74, 6) is -0.669. The SMILES string of the molecule is O=C(NO)c1ccc2c(c1)NC(c1cccc(C(F)(F)F)c1)N2. The van der Waals surface area contributed by atoms with Crippen molar-refractivity contribution in [3.8, 4) is 0 Å². The molecule has 2 aromatic rings. The lowest BCUT2D eigenvalue weighted by atomic mass is 10.1. The van der Waals surface area contributed by atoms with Crippen LogP contribution in [0, 0.1) is 0 Å². The molecular weight excluding hydrogens is 311 g/mol. The van der Waals surface area contributed by atoms with Gasteiger partial charge in [-0.25, -0.2) is 5.48 Å². The van der Waals surface area contributed by atoms with Crippen molar-refractivity contribution in [1.29, 1.82) is 0 Å². The van der Waals surface area contributed by atoms with E-state index in [1.807, 2.05) is 0 Å². The minimum Gasteiger partial charge on any atom is -0.360 e. The van der Waals surface area contributed by atoms with Crippen LogP contribution in [0.25, 0.3) is 0 Å². The average molecular weight is 323 g/mol. The summed E-state index contributed by atoms with van der Waals surface area (Å²) in [6.45, 7) is 0. The zero-order chi connectivity index (χ0) is 16.6. The molecule has 5 nitrogen and oxygen atoms in total. The number of anilines is 2. The minimum absolute atomic E-state index is 0.227. The molecule has 1 atom stereocenters. The minimum atomic E-state index is -4.41. The summed E-state index contributed by atoms with van der Waals surface area (Å²) in [6, 6.07) is 9.60. The fourth-order valence-electron chi connectivity index (χ4n) is 2.40. The zero-order valence-corrected chi connectivity index (χ0v) is 11.6. The maximum Gasteiger partial charge on any atom is 0.416 e. The Bertz CT molecular complexity index is 762. The van der Waals surface area contributed by atoms with Gasteiger partial charge < -0.3 is 10.6 Å². The van der Waals surface area contributed by atoms with Gasteiger partial charge in [-0.3, -0.25) is 10.0 Å². The average Bonchev–Trinajstić information content (AvgIpc) is 2.96. The fourth-order valence-corrected chi connectivity index (χ4v) is 2.40. The van der Waals surface area contributed by atoms with Crippen molar-refractivity contribution in [3.05, 3.63) is 59.2 Å². The second-order valence-electron chi connectivity index (χ2n) is 5.05. The van der Waals surface area contributed by atoms with E-state index in [1.54, 1.807) is 12.1 Å². The van der Waals surface area contributed by atoms with E-state index >= 15 is 0 Å². The Morgan fingerprint density at radius 2 is 1.83 bits per heavy atom. The number of halogens is 3. The van der Waals surface area contributed by atoms with Crippen molar-refractivity contribution in [3.63, 3.8) is 0 Å². The Kier molecular flexibility index (Phi) is 3.61. The second kappa shape index (κ2) is 5.47. The molecule has 0 saturated carbocycles. The Balaban J connectivity index is 1.86. The summed E-state index contributed by atoms with van der Waals surface area (Å²) in [6.07, 6.45) is -4.95. The monoisotopic (exact) mass is 323 g/mol. The van der Waals surface area contributed by atoms with E-state index in [2.05, 4.69) is 10.6 Å². The molecular formula is C15H12F3N3O2. The number of benzene rings is 2. The van der Waals surface area contributed by atoms with E-state index in [4.69, 9.17) is 5.21 Å². The van der Waals surface area contributed by atoms with Gasteiger partial charge in [0, 0.05) is 5.56 Å². The summed E-state index contributed by atoms with van der Waals surface area (Å²) in [7, 11) is 0. The number of hydrogen-bond donors (Lipinski definition) is 4. The first-order valence-electron chi connectivity index (χ1n) is 6.67. The Hall–Kier alpha value is -2.74. The number of fused-ring (bicyclic) bond motifs is 1. The number of alkyl halides is 3. The van der Waals surface area contributed by atoms with Crippen molar-refractivity contribution in [2.75, 3.05) is 10.6 Å². The van der Waals surface area contributed by atoms with Gasteiger partial charge in [-0.05, 0) is 35.9 Å². The van der Waals surface area contributed by atoms with E-state index in [-0.39, 0.29) is 5.56 Å². The smallest absolute Gasteiger partial charge is 0.360 e. The highest BCUT2D eigenvalue weighted by atomic mass is 19.4. The maximum absolute atomic E-state index is 12.8. The van der Waals surface area contributed by atoms with E-state index in [9.17, 15) is 18.0 Å². The van der Waals surface area contributed by atoms with E-state index in [1.165, 1.54) is 23.7 Å². The third kappa shape index (κ3) is 2.93. The van der Waals surface area contributed by atoms with Crippen LogP contribution in [0.4, 0.5) is 24.5 Å². The zero-order valence-electron chi connectivity index (χ0n) is 11.6. The van der Waals surface area contributed by atoms with Crippen LogP contribution < -0.4 is 16.1 Å². The molecule has 1 unspecified atom stereocenters. The lowest BCUT2D eigenvalue weighted by Crippen LogP contribution is -2.18. The highest BCUT2D eigenvalue weighted by Crippen LogP contribution is 2.37. The standard InChI is InChI=1S/C15H12F3N3O2/c16-15(17,18)10-3-1-2-8(6-10)13-19-11-5-4-9(14(22)21-23)7-12(11)20-13/h1-7,13,19-20,23H,(H,21,22). The molecule has 1 heterocycles. The largest absolute Gasteiger partial charge is 0.416 e. The molecule has 1 aliphatic heterocycles. The van der Waals surface area contributed by atoms with Crippen molar-refractivity contribution in [2.45, 2.75) is 12.3 Å². The third-order valence-corrected chi connectivity index (χ3v) is 3.53. The molecule has 23 heavy (non-hydrogen) atoms. The summed E-state index contributed by atoms with van der Waals surface area (Å²) in [5, 5.41) is 14.7. The van der Waals surface area contributed by atoms with Crippen molar-refractivity contribution < 1.29 is 23.2 Å². The number of carbonyl (C=O) groups excluding carboxylic acids is 1. The first kappa shape index (κ1) is 15.2. The van der Waals surface area contributed by atoms with Gasteiger partial charge in [-0.1, -0.05) is 12.1 Å². The molecule has 0 bridgehead atoms. The maximum atomic E-state index is 12.8. The van der Waals surface area contributed by atoms with Crippen molar-refractivity contribution >= 4 is 17.3 Å². The third-order valence-electron chi connectivity index (χ3n) is 3.53. The van der Waals surface area contributed by atoms with Gasteiger partial charge in [0.25, 0.3) is 5.91 Å². The van der Waals surface area contributed by atoms with Crippen molar-refractivity contribution in [2.24, 2.45) is 0 Å². The number of rotatable bonds is 2. The van der Waals surface area contributed by atoms with Gasteiger partial charge in [0.2, 0.25) is 0 Å². The van der Waals surface area contributed by atoms with Gasteiger partial charge in [0.1, 0.15) is 6.17 Å². The fraction of sp³-hybridized carbons (Fsp3) is 0.133. The first-order chi connectivity index (χ1) is 10.9. The van der Waals surface area contributed by atoms with E-state index in [0.717, 1.165) is 12.1 Å². The second-order valence-corrected chi connectivity index (χ2v) is 5.05.